The summed E-state index contributed by atoms with van der Waals surface area (Å²) in [4.78, 5) is 8.33. The summed E-state index contributed by atoms with van der Waals surface area (Å²) in [5.41, 5.74) is 2.32. The highest BCUT2D eigenvalue weighted by molar-refractivity contribution is 9.10. The van der Waals surface area contributed by atoms with E-state index in [1.807, 2.05) is 6.92 Å². The zero-order chi connectivity index (χ0) is 9.35. The average molecular weight is 229 g/mol. The van der Waals surface area contributed by atoms with Gasteiger partial charge in [0.05, 0.1) is 5.69 Å². The summed E-state index contributed by atoms with van der Waals surface area (Å²) in [6, 6.07) is 0. The van der Waals surface area contributed by atoms with Gasteiger partial charge in [-0.2, -0.15) is 0 Å². The van der Waals surface area contributed by atoms with Crippen LogP contribution in [0.5, 0.6) is 0 Å². The molecule has 0 fully saturated rings. The molecule has 0 saturated heterocycles. The van der Waals surface area contributed by atoms with Gasteiger partial charge in [-0.1, -0.05) is 20.8 Å². The first-order valence-corrected chi connectivity index (χ1v) is 4.70. The fourth-order valence-electron chi connectivity index (χ4n) is 1.18. The molecule has 0 aliphatic heterocycles. The molecule has 1 aromatic heterocycles. The van der Waals surface area contributed by atoms with Gasteiger partial charge in [-0.15, -0.1) is 0 Å². The zero-order valence-corrected chi connectivity index (χ0v) is 9.44. The van der Waals surface area contributed by atoms with E-state index in [9.17, 15) is 0 Å². The summed E-state index contributed by atoms with van der Waals surface area (Å²) >= 11 is 3.39. The van der Waals surface area contributed by atoms with Crippen molar-refractivity contribution in [2.75, 3.05) is 0 Å². The van der Waals surface area contributed by atoms with Crippen LogP contribution >= 0.6 is 15.9 Å². The maximum atomic E-state index is 4.27. The van der Waals surface area contributed by atoms with E-state index in [0.717, 1.165) is 15.9 Å². The van der Waals surface area contributed by atoms with Crippen LogP contribution in [-0.2, 0) is 5.41 Å². The minimum Gasteiger partial charge on any atom is -0.240 e. The zero-order valence-electron chi connectivity index (χ0n) is 7.85. The van der Waals surface area contributed by atoms with Crippen LogP contribution in [0.3, 0.4) is 0 Å². The van der Waals surface area contributed by atoms with Crippen LogP contribution in [-0.4, -0.2) is 9.97 Å². The molecule has 0 radical (unpaired) electrons. The molecule has 0 aromatic carbocycles. The molecule has 12 heavy (non-hydrogen) atoms. The van der Waals surface area contributed by atoms with Crippen molar-refractivity contribution in [2.45, 2.75) is 33.1 Å². The van der Waals surface area contributed by atoms with E-state index in [1.165, 1.54) is 0 Å². The molecule has 0 amide bonds. The molecule has 1 rings (SSSR count). The summed E-state index contributed by atoms with van der Waals surface area (Å²) in [6.07, 6.45) is 1.59. The molecule has 0 aliphatic carbocycles. The van der Waals surface area contributed by atoms with Crippen molar-refractivity contribution in [1.82, 2.24) is 9.97 Å². The van der Waals surface area contributed by atoms with E-state index in [-0.39, 0.29) is 5.41 Å². The Hall–Kier alpha value is -0.440. The summed E-state index contributed by atoms with van der Waals surface area (Å²) in [6.45, 7) is 8.48. The Morgan fingerprint density at radius 3 is 2.25 bits per heavy atom. The highest BCUT2D eigenvalue weighted by Crippen LogP contribution is 2.25. The minimum atomic E-state index is 0.0928. The molecule has 0 spiro atoms. The highest BCUT2D eigenvalue weighted by atomic mass is 79.9. The number of aromatic nitrogens is 2. The highest BCUT2D eigenvalue weighted by Gasteiger charge is 2.19. The first kappa shape index (κ1) is 9.65. The van der Waals surface area contributed by atoms with Crippen molar-refractivity contribution in [3.8, 4) is 0 Å². The van der Waals surface area contributed by atoms with Crippen molar-refractivity contribution in [3.63, 3.8) is 0 Å². The molecule has 1 aromatic rings. The van der Waals surface area contributed by atoms with Crippen LogP contribution in [0.4, 0.5) is 0 Å². The van der Waals surface area contributed by atoms with E-state index in [2.05, 4.69) is 46.7 Å². The molecule has 2 nitrogen and oxygen atoms in total. The fourth-order valence-corrected chi connectivity index (χ4v) is 1.46. The third-order valence-corrected chi connectivity index (χ3v) is 2.53. The SMILES string of the molecule is Cc1c(Br)ncnc1C(C)(C)C. The first-order chi connectivity index (χ1) is 5.43. The quantitative estimate of drug-likeness (QED) is 0.639. The Morgan fingerprint density at radius 2 is 1.83 bits per heavy atom. The summed E-state index contributed by atoms with van der Waals surface area (Å²) < 4.78 is 0.891. The summed E-state index contributed by atoms with van der Waals surface area (Å²) in [7, 11) is 0. The fraction of sp³-hybridized carbons (Fsp3) is 0.556. The number of hydrogen-bond acceptors (Lipinski definition) is 2. The van der Waals surface area contributed by atoms with E-state index in [0.29, 0.717) is 0 Å². The third-order valence-electron chi connectivity index (χ3n) is 1.73. The number of hydrogen-bond donors (Lipinski definition) is 0. The number of halogens is 1. The van der Waals surface area contributed by atoms with Crippen molar-refractivity contribution in [3.05, 3.63) is 22.2 Å². The van der Waals surface area contributed by atoms with Crippen LogP contribution < -0.4 is 0 Å². The van der Waals surface area contributed by atoms with Gasteiger partial charge < -0.3 is 0 Å². The van der Waals surface area contributed by atoms with E-state index in [4.69, 9.17) is 0 Å². The van der Waals surface area contributed by atoms with Gasteiger partial charge in [0.15, 0.2) is 0 Å². The van der Waals surface area contributed by atoms with Gasteiger partial charge in [0.2, 0.25) is 0 Å². The monoisotopic (exact) mass is 228 g/mol. The van der Waals surface area contributed by atoms with Crippen molar-refractivity contribution in [2.24, 2.45) is 0 Å². The summed E-state index contributed by atoms with van der Waals surface area (Å²) in [5.74, 6) is 0. The van der Waals surface area contributed by atoms with Gasteiger partial charge in [0, 0.05) is 11.0 Å². The Kier molecular flexibility index (Phi) is 2.52. The van der Waals surface area contributed by atoms with Crippen LogP contribution in [0.2, 0.25) is 0 Å². The van der Waals surface area contributed by atoms with E-state index in [1.54, 1.807) is 6.33 Å². The molecule has 0 atom stereocenters. The topological polar surface area (TPSA) is 25.8 Å². The predicted molar refractivity (Wildman–Crippen MR) is 53.2 cm³/mol. The van der Waals surface area contributed by atoms with Gasteiger partial charge in [-0.05, 0) is 22.9 Å². The lowest BCUT2D eigenvalue weighted by molar-refractivity contribution is 0.561. The average Bonchev–Trinajstić information content (AvgIpc) is 1.92. The van der Waals surface area contributed by atoms with Crippen LogP contribution in [0.15, 0.2) is 10.9 Å². The Labute approximate surface area is 81.6 Å². The molecule has 0 aliphatic rings. The second-order valence-electron chi connectivity index (χ2n) is 3.89. The molecule has 0 saturated carbocycles. The number of nitrogens with zero attached hydrogens (tertiary/aromatic N) is 2. The normalized spacial score (nSPS) is 11.8. The predicted octanol–water partition coefficient (Wildman–Crippen LogP) is 2.85. The smallest absolute Gasteiger partial charge is 0.117 e. The maximum absolute atomic E-state index is 4.27. The Morgan fingerprint density at radius 1 is 1.25 bits per heavy atom. The van der Waals surface area contributed by atoms with Gasteiger partial charge in [-0.25, -0.2) is 9.97 Å². The molecule has 0 N–H and O–H groups in total. The largest absolute Gasteiger partial charge is 0.240 e. The van der Waals surface area contributed by atoms with E-state index < -0.39 is 0 Å². The first-order valence-electron chi connectivity index (χ1n) is 3.90. The molecular formula is C9H13BrN2. The molecule has 0 bridgehead atoms. The molecular weight excluding hydrogens is 216 g/mol. The van der Waals surface area contributed by atoms with Crippen molar-refractivity contribution >= 4 is 15.9 Å². The lowest BCUT2D eigenvalue weighted by atomic mass is 9.89. The van der Waals surface area contributed by atoms with Gasteiger partial charge in [0.1, 0.15) is 10.9 Å². The van der Waals surface area contributed by atoms with Gasteiger partial charge in [-0.3, -0.25) is 0 Å². The Bertz CT molecular complexity index is 289. The van der Waals surface area contributed by atoms with Gasteiger partial charge >= 0.3 is 0 Å². The minimum absolute atomic E-state index is 0.0928. The van der Waals surface area contributed by atoms with Gasteiger partial charge in [0.25, 0.3) is 0 Å². The molecule has 1 heterocycles. The molecule has 66 valence electrons. The third kappa shape index (κ3) is 1.83. The van der Waals surface area contributed by atoms with Crippen LogP contribution in [0, 0.1) is 6.92 Å². The Balaban J connectivity index is 3.26. The van der Waals surface area contributed by atoms with Crippen LogP contribution in [0.1, 0.15) is 32.0 Å². The lowest BCUT2D eigenvalue weighted by Crippen LogP contribution is -2.16. The second kappa shape index (κ2) is 3.13. The van der Waals surface area contributed by atoms with Crippen molar-refractivity contribution < 1.29 is 0 Å². The van der Waals surface area contributed by atoms with Crippen LogP contribution in [0.25, 0.3) is 0 Å². The number of rotatable bonds is 0. The van der Waals surface area contributed by atoms with Crippen molar-refractivity contribution in [1.29, 1.82) is 0 Å². The summed E-state index contributed by atoms with van der Waals surface area (Å²) in [5, 5.41) is 0. The maximum Gasteiger partial charge on any atom is 0.117 e. The standard InChI is InChI=1S/C9H13BrN2/c1-6-7(9(2,3)4)11-5-12-8(6)10/h5H,1-4H3. The molecule has 0 unspecified atom stereocenters. The lowest BCUT2D eigenvalue weighted by Gasteiger charge is -2.19. The molecule has 3 heteroatoms. The van der Waals surface area contributed by atoms with E-state index >= 15 is 0 Å². The second-order valence-corrected chi connectivity index (χ2v) is 4.64.